The molecule has 0 spiro atoms. The summed E-state index contributed by atoms with van der Waals surface area (Å²) in [5.41, 5.74) is 3.80. The summed E-state index contributed by atoms with van der Waals surface area (Å²) < 4.78 is 1.03. The summed E-state index contributed by atoms with van der Waals surface area (Å²) in [4.78, 5) is 29.7. The van der Waals surface area contributed by atoms with Gasteiger partial charge in [-0.15, -0.1) is 0 Å². The minimum atomic E-state index is -0.287. The molecule has 0 radical (unpaired) electrons. The lowest BCUT2D eigenvalue weighted by Crippen LogP contribution is -2.36. The fourth-order valence-electron chi connectivity index (χ4n) is 2.95. The number of carbonyl (C=O) groups excluding carboxylic acids is 2. The van der Waals surface area contributed by atoms with Gasteiger partial charge in [0.15, 0.2) is 11.6 Å². The molecule has 2 rings (SSSR count). The number of likely N-dealkylation sites (N-methyl/N-ethyl adjacent to an activating group) is 1. The quantitative estimate of drug-likeness (QED) is 0.747. The minimum absolute atomic E-state index is 0.00251. The Morgan fingerprint density at radius 3 is 2.29 bits per heavy atom. The molecule has 0 amide bonds. The van der Waals surface area contributed by atoms with E-state index >= 15 is 0 Å². The van der Waals surface area contributed by atoms with E-state index in [1.807, 2.05) is 57.0 Å². The summed E-state index contributed by atoms with van der Waals surface area (Å²) in [5.74, 6) is -0.0149. The zero-order valence-corrected chi connectivity index (χ0v) is 16.3. The molecule has 1 aromatic carbocycles. The highest BCUT2D eigenvalue weighted by molar-refractivity contribution is 9.10. The molecule has 0 saturated heterocycles. The Kier molecular flexibility index (Phi) is 5.78. The molecule has 4 nitrogen and oxygen atoms in total. The fraction of sp³-hybridized carbons (Fsp3) is 0.368. The van der Waals surface area contributed by atoms with Gasteiger partial charge in [0.05, 0.1) is 11.7 Å². The van der Waals surface area contributed by atoms with Crippen LogP contribution in [0.1, 0.15) is 51.5 Å². The number of Topliss-reactive ketones (excluding diaryl/α,β-unsaturated/α-hetero) is 2. The van der Waals surface area contributed by atoms with Crippen molar-refractivity contribution in [2.45, 2.75) is 40.3 Å². The predicted molar refractivity (Wildman–Crippen MR) is 99.7 cm³/mol. The van der Waals surface area contributed by atoms with Gasteiger partial charge in [0.25, 0.3) is 0 Å². The van der Waals surface area contributed by atoms with Gasteiger partial charge in [-0.05, 0) is 58.0 Å². The standard InChI is InChI=1S/C19H23BrN2O2/c1-11-17(14(4)23)12(2)21-18(11)19(24)13(3)22(5)10-15-6-8-16(20)9-7-15/h6-9,13,21H,10H2,1-5H3/t13-/m1/s1. The van der Waals surface area contributed by atoms with Crippen LogP contribution in [0, 0.1) is 13.8 Å². The average molecular weight is 391 g/mol. The molecule has 1 atom stereocenters. The van der Waals surface area contributed by atoms with Crippen LogP contribution in [-0.4, -0.2) is 34.5 Å². The van der Waals surface area contributed by atoms with Crippen molar-refractivity contribution in [2.75, 3.05) is 7.05 Å². The van der Waals surface area contributed by atoms with E-state index in [9.17, 15) is 9.59 Å². The summed E-state index contributed by atoms with van der Waals surface area (Å²) in [6.07, 6.45) is 0. The number of aromatic amines is 1. The van der Waals surface area contributed by atoms with Crippen molar-refractivity contribution in [3.63, 3.8) is 0 Å². The van der Waals surface area contributed by atoms with Crippen molar-refractivity contribution >= 4 is 27.5 Å². The van der Waals surface area contributed by atoms with Crippen molar-refractivity contribution in [1.82, 2.24) is 9.88 Å². The molecule has 0 aliphatic heterocycles. The van der Waals surface area contributed by atoms with Crippen LogP contribution in [-0.2, 0) is 6.54 Å². The van der Waals surface area contributed by atoms with Crippen LogP contribution in [0.5, 0.6) is 0 Å². The molecular weight excluding hydrogens is 368 g/mol. The molecule has 0 aliphatic rings. The number of benzene rings is 1. The Hall–Kier alpha value is -1.72. The fourth-order valence-corrected chi connectivity index (χ4v) is 3.21. The third kappa shape index (κ3) is 3.84. The largest absolute Gasteiger partial charge is 0.355 e. The molecule has 0 bridgehead atoms. The lowest BCUT2D eigenvalue weighted by Gasteiger charge is -2.23. The van der Waals surface area contributed by atoms with Gasteiger partial charge in [-0.1, -0.05) is 28.1 Å². The predicted octanol–water partition coefficient (Wildman–Crippen LogP) is 4.30. The summed E-state index contributed by atoms with van der Waals surface area (Å²) in [5, 5.41) is 0. The van der Waals surface area contributed by atoms with Crippen LogP contribution < -0.4 is 0 Å². The molecule has 1 aromatic heterocycles. The van der Waals surface area contributed by atoms with Crippen molar-refractivity contribution in [2.24, 2.45) is 0 Å². The number of nitrogens with zero attached hydrogens (tertiary/aromatic N) is 1. The number of rotatable bonds is 6. The molecule has 0 unspecified atom stereocenters. The van der Waals surface area contributed by atoms with Crippen molar-refractivity contribution < 1.29 is 9.59 Å². The van der Waals surface area contributed by atoms with Gasteiger partial charge in [0.2, 0.25) is 0 Å². The summed E-state index contributed by atoms with van der Waals surface area (Å²) in [7, 11) is 1.93. The smallest absolute Gasteiger partial charge is 0.196 e. The second-order valence-electron chi connectivity index (χ2n) is 6.26. The zero-order chi connectivity index (χ0) is 18.0. The first-order valence-corrected chi connectivity index (χ1v) is 8.70. The highest BCUT2D eigenvalue weighted by atomic mass is 79.9. The van der Waals surface area contributed by atoms with Crippen molar-refractivity contribution in [1.29, 1.82) is 0 Å². The van der Waals surface area contributed by atoms with E-state index in [-0.39, 0.29) is 17.6 Å². The molecular formula is C19H23BrN2O2. The van der Waals surface area contributed by atoms with Gasteiger partial charge in [-0.2, -0.15) is 0 Å². The Balaban J connectivity index is 2.18. The van der Waals surface area contributed by atoms with Gasteiger partial charge in [0, 0.05) is 22.3 Å². The Morgan fingerprint density at radius 2 is 1.79 bits per heavy atom. The first-order chi connectivity index (χ1) is 11.2. The summed E-state index contributed by atoms with van der Waals surface area (Å²) in [6.45, 7) is 7.76. The third-order valence-corrected chi connectivity index (χ3v) is 4.95. The maximum atomic E-state index is 12.8. The second-order valence-corrected chi connectivity index (χ2v) is 7.18. The molecule has 5 heteroatoms. The Bertz CT molecular complexity index is 762. The van der Waals surface area contributed by atoms with Gasteiger partial charge in [0.1, 0.15) is 0 Å². The van der Waals surface area contributed by atoms with Crippen LogP contribution in [0.4, 0.5) is 0 Å². The Labute approximate surface area is 151 Å². The first-order valence-electron chi connectivity index (χ1n) is 7.91. The van der Waals surface area contributed by atoms with Gasteiger partial charge >= 0.3 is 0 Å². The monoisotopic (exact) mass is 390 g/mol. The van der Waals surface area contributed by atoms with Crippen LogP contribution in [0.2, 0.25) is 0 Å². The third-order valence-electron chi connectivity index (χ3n) is 4.42. The number of aryl methyl sites for hydroxylation is 1. The number of ketones is 2. The van der Waals surface area contributed by atoms with Crippen LogP contribution in [0.3, 0.4) is 0 Å². The SMILES string of the molecule is CC(=O)c1c(C)[nH]c(C(=O)[C@@H](C)N(C)Cc2ccc(Br)cc2)c1C. The Morgan fingerprint density at radius 1 is 1.21 bits per heavy atom. The molecule has 0 fully saturated rings. The molecule has 24 heavy (non-hydrogen) atoms. The van der Waals surface area contributed by atoms with E-state index in [1.165, 1.54) is 6.92 Å². The van der Waals surface area contributed by atoms with Gasteiger partial charge < -0.3 is 4.98 Å². The topological polar surface area (TPSA) is 53.2 Å². The van der Waals surface area contributed by atoms with E-state index in [0.29, 0.717) is 17.8 Å². The number of carbonyl (C=O) groups is 2. The lowest BCUT2D eigenvalue weighted by atomic mass is 10.0. The van der Waals surface area contributed by atoms with E-state index in [4.69, 9.17) is 0 Å². The molecule has 1 heterocycles. The molecule has 0 saturated carbocycles. The van der Waals surface area contributed by atoms with Crippen LogP contribution in [0.25, 0.3) is 0 Å². The highest BCUT2D eigenvalue weighted by Gasteiger charge is 2.25. The van der Waals surface area contributed by atoms with Gasteiger partial charge in [-0.3, -0.25) is 14.5 Å². The normalized spacial score (nSPS) is 12.5. The number of aromatic nitrogens is 1. The van der Waals surface area contributed by atoms with Crippen molar-refractivity contribution in [3.8, 4) is 0 Å². The van der Waals surface area contributed by atoms with Crippen LogP contribution in [0.15, 0.2) is 28.7 Å². The van der Waals surface area contributed by atoms with E-state index < -0.39 is 0 Å². The maximum absolute atomic E-state index is 12.8. The van der Waals surface area contributed by atoms with E-state index in [0.717, 1.165) is 21.3 Å². The molecule has 1 N–H and O–H groups in total. The van der Waals surface area contributed by atoms with Gasteiger partial charge in [-0.25, -0.2) is 0 Å². The van der Waals surface area contributed by atoms with E-state index in [2.05, 4.69) is 20.9 Å². The van der Waals surface area contributed by atoms with Crippen molar-refractivity contribution in [3.05, 3.63) is 56.8 Å². The van der Waals surface area contributed by atoms with Crippen LogP contribution >= 0.6 is 15.9 Å². The zero-order valence-electron chi connectivity index (χ0n) is 14.7. The number of H-pyrrole nitrogens is 1. The highest BCUT2D eigenvalue weighted by Crippen LogP contribution is 2.21. The molecule has 0 aliphatic carbocycles. The maximum Gasteiger partial charge on any atom is 0.196 e. The minimum Gasteiger partial charge on any atom is -0.355 e. The summed E-state index contributed by atoms with van der Waals surface area (Å²) >= 11 is 3.42. The number of nitrogens with one attached hydrogen (secondary N) is 1. The molecule has 128 valence electrons. The summed E-state index contributed by atoms with van der Waals surface area (Å²) in [6, 6.07) is 7.77. The number of hydrogen-bond donors (Lipinski definition) is 1. The first kappa shape index (κ1) is 18.6. The number of halogens is 1. The lowest BCUT2D eigenvalue weighted by molar-refractivity contribution is 0.0856. The van der Waals surface area contributed by atoms with E-state index in [1.54, 1.807) is 0 Å². The second kappa shape index (κ2) is 7.45. The number of hydrogen-bond acceptors (Lipinski definition) is 3. The average Bonchev–Trinajstić information content (AvgIpc) is 2.82. The molecule has 2 aromatic rings.